The van der Waals surface area contributed by atoms with Crippen LogP contribution in [-0.2, 0) is 0 Å². The Morgan fingerprint density at radius 3 is 2.28 bits per heavy atom. The van der Waals surface area contributed by atoms with E-state index in [1.165, 1.54) is 6.21 Å². The van der Waals surface area contributed by atoms with E-state index in [9.17, 15) is 9.59 Å². The Morgan fingerprint density at radius 2 is 1.62 bits per heavy atom. The first-order chi connectivity index (χ1) is 14.1. The highest BCUT2D eigenvalue weighted by atomic mass is 79.9. The molecule has 0 saturated carbocycles. The van der Waals surface area contributed by atoms with Crippen molar-refractivity contribution >= 4 is 39.6 Å². The predicted octanol–water partition coefficient (Wildman–Crippen LogP) is 4.34. The molecule has 0 bridgehead atoms. The van der Waals surface area contributed by atoms with Gasteiger partial charge < -0.3 is 5.32 Å². The number of hydrazone groups is 1. The van der Waals surface area contributed by atoms with Gasteiger partial charge in [0.25, 0.3) is 11.8 Å². The molecular formula is C22H15BrN4O2. The number of hydrogen-bond donors (Lipinski definition) is 2. The van der Waals surface area contributed by atoms with Crippen LogP contribution in [0.15, 0.2) is 82.4 Å². The molecule has 0 aliphatic heterocycles. The second-order valence-electron chi connectivity index (χ2n) is 5.94. The smallest absolute Gasteiger partial charge is 0.271 e. The van der Waals surface area contributed by atoms with Crippen LogP contribution in [0, 0.1) is 11.3 Å². The van der Waals surface area contributed by atoms with E-state index in [0.717, 1.165) is 5.56 Å². The van der Waals surface area contributed by atoms with Gasteiger partial charge in [0.1, 0.15) is 0 Å². The standard InChI is InChI=1S/C22H15BrN4O2/c23-20-4-2-1-3-19(20)22(29)26-18-11-9-17(10-12-18)21(28)27-25-14-16-7-5-15(13-24)6-8-16/h1-12,14H,(H,26,29)(H,27,28). The molecule has 0 saturated heterocycles. The van der Waals surface area contributed by atoms with Crippen LogP contribution in [0.2, 0.25) is 0 Å². The Hall–Kier alpha value is -3.76. The van der Waals surface area contributed by atoms with Gasteiger partial charge in [0.05, 0.1) is 23.4 Å². The molecule has 0 fully saturated rings. The Labute approximate surface area is 176 Å². The Morgan fingerprint density at radius 1 is 0.931 bits per heavy atom. The summed E-state index contributed by atoms with van der Waals surface area (Å²) in [6.07, 6.45) is 1.49. The molecule has 6 nitrogen and oxygen atoms in total. The molecule has 0 spiro atoms. The van der Waals surface area contributed by atoms with E-state index in [-0.39, 0.29) is 11.8 Å². The lowest BCUT2D eigenvalue weighted by Gasteiger charge is -2.07. The van der Waals surface area contributed by atoms with Crippen molar-refractivity contribution in [1.29, 1.82) is 5.26 Å². The summed E-state index contributed by atoms with van der Waals surface area (Å²) in [5, 5.41) is 15.5. The van der Waals surface area contributed by atoms with Crippen molar-refractivity contribution in [3.8, 4) is 6.07 Å². The molecule has 7 heteroatoms. The van der Waals surface area contributed by atoms with Crippen LogP contribution >= 0.6 is 15.9 Å². The Bertz CT molecular complexity index is 1100. The Kier molecular flexibility index (Phi) is 6.51. The zero-order valence-electron chi connectivity index (χ0n) is 15.1. The summed E-state index contributed by atoms with van der Waals surface area (Å²) in [7, 11) is 0. The summed E-state index contributed by atoms with van der Waals surface area (Å²) in [5.74, 6) is -0.625. The van der Waals surface area contributed by atoms with E-state index in [1.807, 2.05) is 12.1 Å². The van der Waals surface area contributed by atoms with E-state index < -0.39 is 0 Å². The van der Waals surface area contributed by atoms with Gasteiger partial charge in [-0.25, -0.2) is 5.43 Å². The lowest BCUT2D eigenvalue weighted by atomic mass is 10.1. The normalized spacial score (nSPS) is 10.3. The van der Waals surface area contributed by atoms with Crippen molar-refractivity contribution in [3.05, 3.63) is 99.5 Å². The molecule has 142 valence electrons. The molecule has 0 aliphatic carbocycles. The van der Waals surface area contributed by atoms with Crippen LogP contribution in [0.5, 0.6) is 0 Å². The largest absolute Gasteiger partial charge is 0.322 e. The van der Waals surface area contributed by atoms with E-state index in [2.05, 4.69) is 31.8 Å². The third-order valence-electron chi connectivity index (χ3n) is 3.94. The first-order valence-corrected chi connectivity index (χ1v) is 9.35. The minimum Gasteiger partial charge on any atom is -0.322 e. The SMILES string of the molecule is N#Cc1ccc(C=NNC(=O)c2ccc(NC(=O)c3ccccc3Br)cc2)cc1. The summed E-state index contributed by atoms with van der Waals surface area (Å²) in [6, 6.07) is 22.5. The number of nitrogens with zero attached hydrogens (tertiary/aromatic N) is 2. The average Bonchev–Trinajstić information content (AvgIpc) is 2.75. The average molecular weight is 447 g/mol. The third kappa shape index (κ3) is 5.37. The fourth-order valence-corrected chi connectivity index (χ4v) is 2.89. The summed E-state index contributed by atoms with van der Waals surface area (Å²) >= 11 is 3.35. The molecule has 0 radical (unpaired) electrons. The highest BCUT2D eigenvalue weighted by Gasteiger charge is 2.10. The molecular weight excluding hydrogens is 432 g/mol. The zero-order chi connectivity index (χ0) is 20.6. The molecule has 0 aliphatic rings. The zero-order valence-corrected chi connectivity index (χ0v) is 16.7. The highest BCUT2D eigenvalue weighted by Crippen LogP contribution is 2.18. The third-order valence-corrected chi connectivity index (χ3v) is 4.63. The maximum atomic E-state index is 12.3. The van der Waals surface area contributed by atoms with Crippen molar-refractivity contribution < 1.29 is 9.59 Å². The number of nitriles is 1. The molecule has 0 unspecified atom stereocenters. The molecule has 29 heavy (non-hydrogen) atoms. The first-order valence-electron chi connectivity index (χ1n) is 8.56. The molecule has 3 aromatic rings. The number of anilines is 1. The minimum absolute atomic E-state index is 0.248. The number of nitrogens with one attached hydrogen (secondary N) is 2. The van der Waals surface area contributed by atoms with Crippen molar-refractivity contribution in [3.63, 3.8) is 0 Å². The quantitative estimate of drug-likeness (QED) is 0.450. The number of amides is 2. The molecule has 0 heterocycles. The fourth-order valence-electron chi connectivity index (χ4n) is 2.42. The van der Waals surface area contributed by atoms with Crippen LogP contribution in [0.25, 0.3) is 0 Å². The summed E-state index contributed by atoms with van der Waals surface area (Å²) in [4.78, 5) is 24.5. The second-order valence-corrected chi connectivity index (χ2v) is 6.80. The van der Waals surface area contributed by atoms with Crippen LogP contribution in [0.1, 0.15) is 31.8 Å². The van der Waals surface area contributed by atoms with Gasteiger partial charge in [-0.05, 0) is 70.0 Å². The monoisotopic (exact) mass is 446 g/mol. The highest BCUT2D eigenvalue weighted by molar-refractivity contribution is 9.10. The van der Waals surface area contributed by atoms with Gasteiger partial charge in [-0.15, -0.1) is 0 Å². The number of carbonyl (C=O) groups excluding carboxylic acids is 2. The van der Waals surface area contributed by atoms with Crippen LogP contribution < -0.4 is 10.7 Å². The summed E-state index contributed by atoms with van der Waals surface area (Å²) in [6.45, 7) is 0. The topological polar surface area (TPSA) is 94.3 Å². The maximum absolute atomic E-state index is 12.3. The molecule has 3 rings (SSSR count). The van der Waals surface area contributed by atoms with Gasteiger partial charge in [0.15, 0.2) is 0 Å². The fraction of sp³-hybridized carbons (Fsp3) is 0. The summed E-state index contributed by atoms with van der Waals surface area (Å²) < 4.78 is 0.702. The van der Waals surface area contributed by atoms with E-state index >= 15 is 0 Å². The van der Waals surface area contributed by atoms with Crippen molar-refractivity contribution in [2.24, 2.45) is 5.10 Å². The van der Waals surface area contributed by atoms with Gasteiger partial charge in [-0.2, -0.15) is 10.4 Å². The second kappa shape index (κ2) is 9.44. The minimum atomic E-state index is -0.376. The van der Waals surface area contributed by atoms with Crippen molar-refractivity contribution in [1.82, 2.24) is 5.43 Å². The van der Waals surface area contributed by atoms with E-state index in [0.29, 0.717) is 26.9 Å². The number of rotatable bonds is 5. The van der Waals surface area contributed by atoms with Crippen LogP contribution in [0.3, 0.4) is 0 Å². The van der Waals surface area contributed by atoms with Gasteiger partial charge in [0, 0.05) is 15.7 Å². The number of carbonyl (C=O) groups is 2. The van der Waals surface area contributed by atoms with E-state index in [1.54, 1.807) is 66.7 Å². The van der Waals surface area contributed by atoms with Gasteiger partial charge in [0.2, 0.25) is 0 Å². The molecule has 3 aromatic carbocycles. The predicted molar refractivity (Wildman–Crippen MR) is 115 cm³/mol. The molecule has 0 atom stereocenters. The lowest BCUT2D eigenvalue weighted by Crippen LogP contribution is -2.18. The van der Waals surface area contributed by atoms with Crippen LogP contribution in [0.4, 0.5) is 5.69 Å². The number of halogens is 1. The molecule has 2 amide bonds. The van der Waals surface area contributed by atoms with Crippen molar-refractivity contribution in [2.75, 3.05) is 5.32 Å². The number of benzene rings is 3. The van der Waals surface area contributed by atoms with Gasteiger partial charge >= 0.3 is 0 Å². The Balaban J connectivity index is 1.58. The number of hydrogen-bond acceptors (Lipinski definition) is 4. The van der Waals surface area contributed by atoms with Crippen LogP contribution in [-0.4, -0.2) is 18.0 Å². The van der Waals surface area contributed by atoms with Crippen molar-refractivity contribution in [2.45, 2.75) is 0 Å². The summed E-state index contributed by atoms with van der Waals surface area (Å²) in [5.41, 5.74) is 5.25. The maximum Gasteiger partial charge on any atom is 0.271 e. The molecule has 0 aromatic heterocycles. The van der Waals surface area contributed by atoms with Gasteiger partial charge in [-0.1, -0.05) is 24.3 Å². The van der Waals surface area contributed by atoms with Gasteiger partial charge in [-0.3, -0.25) is 9.59 Å². The van der Waals surface area contributed by atoms with E-state index in [4.69, 9.17) is 5.26 Å². The lowest BCUT2D eigenvalue weighted by molar-refractivity contribution is 0.0954. The first kappa shape index (κ1) is 20.0. The molecule has 2 N–H and O–H groups in total.